The van der Waals surface area contributed by atoms with Crippen molar-refractivity contribution in [2.45, 2.75) is 105 Å². The lowest BCUT2D eigenvalue weighted by Crippen LogP contribution is -2.38. The molecule has 0 fully saturated rings. The molecule has 0 spiro atoms. The van der Waals surface area contributed by atoms with Gasteiger partial charge in [-0.1, -0.05) is 85.5 Å². The van der Waals surface area contributed by atoms with E-state index < -0.39 is 11.4 Å². The van der Waals surface area contributed by atoms with Crippen molar-refractivity contribution in [1.82, 2.24) is 0 Å². The van der Waals surface area contributed by atoms with Crippen molar-refractivity contribution >= 4 is 5.97 Å². The minimum Gasteiger partial charge on any atom is -0.247 e. The van der Waals surface area contributed by atoms with Crippen LogP contribution in [0.5, 0.6) is 0 Å². The molecule has 0 aromatic rings. The third-order valence-electron chi connectivity index (χ3n) is 4.98. The summed E-state index contributed by atoms with van der Waals surface area (Å²) in [7, 11) is 0. The Bertz CT molecular complexity index is 254. The van der Waals surface area contributed by atoms with Crippen LogP contribution in [0.2, 0.25) is 0 Å². The van der Waals surface area contributed by atoms with Crippen molar-refractivity contribution in [1.29, 1.82) is 0 Å². The van der Waals surface area contributed by atoms with E-state index in [1.165, 1.54) is 38.5 Å². The average molecular weight is 298 g/mol. The molecule has 0 aromatic heterocycles. The van der Waals surface area contributed by atoms with Crippen LogP contribution in [-0.4, -0.2) is 5.97 Å². The van der Waals surface area contributed by atoms with Crippen LogP contribution >= 0.6 is 0 Å². The van der Waals surface area contributed by atoms with Crippen molar-refractivity contribution in [2.75, 3.05) is 0 Å². The Morgan fingerprint density at radius 2 is 1.33 bits per heavy atom. The molecule has 0 saturated heterocycles. The Morgan fingerprint density at radius 1 is 0.810 bits per heavy atom. The number of hydrogen-bond donors (Lipinski definition) is 0. The molecule has 0 rings (SSSR count). The van der Waals surface area contributed by atoms with Crippen LogP contribution in [0.1, 0.15) is 105 Å². The Kier molecular flexibility index (Phi) is 11.8. The van der Waals surface area contributed by atoms with Crippen molar-refractivity contribution in [3.63, 3.8) is 0 Å². The van der Waals surface area contributed by atoms with E-state index in [1.54, 1.807) is 0 Å². The fraction of sp³-hybridized carbons (Fsp3) is 0.947. The summed E-state index contributed by atoms with van der Waals surface area (Å²) >= 11 is 0. The summed E-state index contributed by atoms with van der Waals surface area (Å²) in [5.74, 6) is -0.516. The second-order valence-corrected chi connectivity index (χ2v) is 6.61. The first-order chi connectivity index (χ1) is 10.1. The molecule has 0 bridgehead atoms. The van der Waals surface area contributed by atoms with Gasteiger partial charge in [-0.15, -0.1) is 0 Å². The van der Waals surface area contributed by atoms with Gasteiger partial charge in [0.1, 0.15) is 0 Å². The summed E-state index contributed by atoms with van der Waals surface area (Å²) in [6.45, 7) is 8.55. The Hall–Kier alpha value is -0.530. The van der Waals surface area contributed by atoms with Gasteiger partial charge in [0.2, 0.25) is 0 Å². The highest BCUT2D eigenvalue weighted by Crippen LogP contribution is 2.43. The third-order valence-corrected chi connectivity index (χ3v) is 4.98. The average Bonchev–Trinajstić information content (AvgIpc) is 2.46. The molecule has 0 aromatic carbocycles. The van der Waals surface area contributed by atoms with E-state index in [2.05, 4.69) is 27.7 Å². The van der Waals surface area contributed by atoms with Gasteiger partial charge in [0.25, 0.3) is 0 Å². The van der Waals surface area contributed by atoms with Gasteiger partial charge in [-0.3, -0.25) is 0 Å². The highest BCUT2D eigenvalue weighted by atomic mass is 16.4. The fourth-order valence-corrected chi connectivity index (χ4v) is 3.84. The second kappa shape index (κ2) is 12.1. The van der Waals surface area contributed by atoms with E-state index in [0.717, 1.165) is 38.5 Å². The lowest BCUT2D eigenvalue weighted by molar-refractivity contribution is -0.161. The molecule has 2 nitrogen and oxygen atoms in total. The minimum atomic E-state index is -0.802. The molecule has 2 heteroatoms. The van der Waals surface area contributed by atoms with Crippen LogP contribution < -0.4 is 0 Å². The fourth-order valence-electron chi connectivity index (χ4n) is 3.84. The molecule has 1 radical (unpaired) electrons. The maximum atomic E-state index is 11.9. The van der Waals surface area contributed by atoms with Gasteiger partial charge >= 0.3 is 5.97 Å². The monoisotopic (exact) mass is 297 g/mol. The highest BCUT2D eigenvalue weighted by molar-refractivity contribution is 5.74. The quantitative estimate of drug-likeness (QED) is 0.346. The van der Waals surface area contributed by atoms with Crippen molar-refractivity contribution in [3.05, 3.63) is 0 Å². The van der Waals surface area contributed by atoms with E-state index in [4.69, 9.17) is 0 Å². The summed E-state index contributed by atoms with van der Waals surface area (Å²) in [5.41, 5.74) is -0.582. The second-order valence-electron chi connectivity index (χ2n) is 6.61. The molecule has 0 amide bonds. The molecule has 0 aliphatic heterocycles. The Balaban J connectivity index is 4.55. The van der Waals surface area contributed by atoms with Crippen LogP contribution in [0.25, 0.3) is 0 Å². The standard InChI is InChI=1S/C19H37O2/c1-5-9-10-11-12-13-14-17(8-4)19(15-6-2,16-7-3)18(20)21/h17H,5-16H2,1-4H3. The van der Waals surface area contributed by atoms with E-state index >= 15 is 0 Å². The van der Waals surface area contributed by atoms with E-state index in [-0.39, 0.29) is 5.92 Å². The lowest BCUT2D eigenvalue weighted by Gasteiger charge is -2.36. The first-order valence-electron chi connectivity index (χ1n) is 9.30. The Morgan fingerprint density at radius 3 is 1.76 bits per heavy atom. The lowest BCUT2D eigenvalue weighted by atomic mass is 9.66. The topological polar surface area (TPSA) is 37.0 Å². The highest BCUT2D eigenvalue weighted by Gasteiger charge is 2.44. The van der Waals surface area contributed by atoms with Gasteiger partial charge in [0.15, 0.2) is 0 Å². The van der Waals surface area contributed by atoms with E-state index in [9.17, 15) is 9.90 Å². The van der Waals surface area contributed by atoms with E-state index in [0.29, 0.717) is 0 Å². The van der Waals surface area contributed by atoms with Crippen LogP contribution in [-0.2, 0) is 9.90 Å². The molecule has 125 valence electrons. The zero-order valence-corrected chi connectivity index (χ0v) is 14.9. The summed E-state index contributed by atoms with van der Waals surface area (Å²) in [6.07, 6.45) is 13.1. The smallest absolute Gasteiger partial charge is 0.247 e. The first-order valence-corrected chi connectivity index (χ1v) is 9.30. The van der Waals surface area contributed by atoms with Gasteiger partial charge in [0.05, 0.1) is 5.41 Å². The van der Waals surface area contributed by atoms with Gasteiger partial charge in [-0.05, 0) is 25.2 Å². The summed E-state index contributed by atoms with van der Waals surface area (Å²) in [5, 5.41) is 11.9. The summed E-state index contributed by atoms with van der Waals surface area (Å²) in [6, 6.07) is 0. The Labute approximate surface area is 132 Å². The summed E-state index contributed by atoms with van der Waals surface area (Å²) in [4.78, 5) is 11.9. The van der Waals surface area contributed by atoms with Crippen molar-refractivity contribution in [2.24, 2.45) is 11.3 Å². The van der Waals surface area contributed by atoms with Gasteiger partial charge in [0, 0.05) is 0 Å². The number of hydrogen-bond acceptors (Lipinski definition) is 1. The van der Waals surface area contributed by atoms with Crippen molar-refractivity contribution < 1.29 is 9.90 Å². The molecule has 0 N–H and O–H groups in total. The number of carbonyl (C=O) groups excluding carboxylic acids is 1. The normalized spacial score (nSPS) is 13.3. The van der Waals surface area contributed by atoms with Crippen LogP contribution in [0.3, 0.4) is 0 Å². The molecule has 0 heterocycles. The molecule has 1 atom stereocenters. The first kappa shape index (κ1) is 20.5. The molecule has 21 heavy (non-hydrogen) atoms. The molecular weight excluding hydrogens is 260 g/mol. The molecule has 0 saturated carbocycles. The molecular formula is C19H37O2. The predicted octanol–water partition coefficient (Wildman–Crippen LogP) is 6.31. The van der Waals surface area contributed by atoms with Gasteiger partial charge < -0.3 is 0 Å². The van der Waals surface area contributed by atoms with Crippen LogP contribution in [0, 0.1) is 11.3 Å². The summed E-state index contributed by atoms with van der Waals surface area (Å²) < 4.78 is 0. The van der Waals surface area contributed by atoms with Crippen molar-refractivity contribution in [3.8, 4) is 0 Å². The third kappa shape index (κ3) is 6.84. The maximum Gasteiger partial charge on any atom is 0.361 e. The van der Waals surface area contributed by atoms with Gasteiger partial charge in [-0.2, -0.15) is 0 Å². The molecule has 0 aliphatic carbocycles. The number of rotatable bonds is 14. The number of carbonyl (C=O) groups is 1. The zero-order chi connectivity index (χ0) is 16.1. The predicted molar refractivity (Wildman–Crippen MR) is 89.7 cm³/mol. The zero-order valence-electron chi connectivity index (χ0n) is 14.9. The van der Waals surface area contributed by atoms with E-state index in [1.807, 2.05) is 0 Å². The van der Waals surface area contributed by atoms with Crippen LogP contribution in [0.4, 0.5) is 0 Å². The largest absolute Gasteiger partial charge is 0.361 e. The van der Waals surface area contributed by atoms with Gasteiger partial charge in [-0.25, -0.2) is 9.90 Å². The minimum absolute atomic E-state index is 0.286. The maximum absolute atomic E-state index is 11.9. The molecule has 1 unspecified atom stereocenters. The van der Waals surface area contributed by atoms with Crippen LogP contribution in [0.15, 0.2) is 0 Å². The molecule has 0 aliphatic rings. The number of unbranched alkanes of at least 4 members (excludes halogenated alkanes) is 5. The SMILES string of the molecule is CCCCCCCCC(CC)C(CCC)(CCC)C([O])=O.